The zero-order valence-electron chi connectivity index (χ0n) is 11.2. The Morgan fingerprint density at radius 2 is 2.05 bits per heavy atom. The van der Waals surface area contributed by atoms with Crippen LogP contribution in [-0.2, 0) is 25.4 Å². The largest absolute Gasteiger partial charge is 0.467 e. The van der Waals surface area contributed by atoms with E-state index >= 15 is 0 Å². The monoisotopic (exact) mass is 284 g/mol. The van der Waals surface area contributed by atoms with Gasteiger partial charge in [0, 0.05) is 11.4 Å². The van der Waals surface area contributed by atoms with Gasteiger partial charge in [0.05, 0.1) is 7.11 Å². The van der Waals surface area contributed by atoms with Crippen molar-refractivity contribution in [3.05, 3.63) is 34.9 Å². The van der Waals surface area contributed by atoms with Crippen molar-refractivity contribution in [2.75, 3.05) is 7.11 Å². The molecule has 1 fully saturated rings. The van der Waals surface area contributed by atoms with E-state index in [0.717, 1.165) is 5.56 Å². The number of carbonyl (C=O) groups is 1. The number of esters is 1. The van der Waals surface area contributed by atoms with Gasteiger partial charge in [-0.3, -0.25) is 0 Å². The third-order valence-electron chi connectivity index (χ3n) is 3.00. The Morgan fingerprint density at radius 1 is 1.37 bits per heavy atom. The summed E-state index contributed by atoms with van der Waals surface area (Å²) in [6.45, 7) is 3.55. The highest BCUT2D eigenvalue weighted by Gasteiger charge is 2.45. The second-order valence-electron chi connectivity index (χ2n) is 4.91. The minimum Gasteiger partial charge on any atom is -0.467 e. The van der Waals surface area contributed by atoms with Crippen molar-refractivity contribution in [3.63, 3.8) is 0 Å². The number of benzene rings is 1. The molecule has 0 spiro atoms. The summed E-state index contributed by atoms with van der Waals surface area (Å²) in [4.78, 5) is 11.7. The number of carbonyl (C=O) groups excluding carboxylic acids is 1. The van der Waals surface area contributed by atoms with E-state index in [4.69, 9.17) is 25.8 Å². The van der Waals surface area contributed by atoms with Crippen LogP contribution in [0.3, 0.4) is 0 Å². The van der Waals surface area contributed by atoms with E-state index in [9.17, 15) is 4.79 Å². The van der Waals surface area contributed by atoms with Crippen LogP contribution >= 0.6 is 11.6 Å². The summed E-state index contributed by atoms with van der Waals surface area (Å²) in [6, 6.07) is 7.48. The van der Waals surface area contributed by atoms with E-state index in [1.807, 2.05) is 24.3 Å². The van der Waals surface area contributed by atoms with Crippen molar-refractivity contribution in [3.8, 4) is 0 Å². The van der Waals surface area contributed by atoms with Gasteiger partial charge in [0.15, 0.2) is 11.9 Å². The highest BCUT2D eigenvalue weighted by Crippen LogP contribution is 2.32. The average Bonchev–Trinajstić information content (AvgIpc) is 2.66. The highest BCUT2D eigenvalue weighted by molar-refractivity contribution is 6.31. The molecule has 0 N–H and O–H groups in total. The Labute approximate surface area is 117 Å². The van der Waals surface area contributed by atoms with Crippen molar-refractivity contribution in [1.29, 1.82) is 0 Å². The predicted octanol–water partition coefficient (Wildman–Crippen LogP) is 2.58. The van der Waals surface area contributed by atoms with Crippen LogP contribution in [-0.4, -0.2) is 31.1 Å². The molecule has 104 valence electrons. The fourth-order valence-electron chi connectivity index (χ4n) is 2.18. The normalized spacial score (nSPS) is 25.3. The molecule has 0 bridgehead atoms. The van der Waals surface area contributed by atoms with Gasteiger partial charge in [-0.1, -0.05) is 29.8 Å². The van der Waals surface area contributed by atoms with Gasteiger partial charge in [-0.2, -0.15) is 0 Å². The number of hydrogen-bond donors (Lipinski definition) is 0. The Morgan fingerprint density at radius 3 is 2.68 bits per heavy atom. The summed E-state index contributed by atoms with van der Waals surface area (Å²) < 4.78 is 16.1. The average molecular weight is 285 g/mol. The molecule has 0 unspecified atom stereocenters. The van der Waals surface area contributed by atoms with Gasteiger partial charge in [0.1, 0.15) is 6.10 Å². The smallest absolute Gasteiger partial charge is 0.337 e. The zero-order valence-corrected chi connectivity index (χ0v) is 11.9. The van der Waals surface area contributed by atoms with Crippen molar-refractivity contribution < 1.29 is 19.0 Å². The number of ether oxygens (including phenoxy) is 3. The van der Waals surface area contributed by atoms with E-state index in [0.29, 0.717) is 11.4 Å². The van der Waals surface area contributed by atoms with Gasteiger partial charge < -0.3 is 14.2 Å². The summed E-state index contributed by atoms with van der Waals surface area (Å²) in [5, 5.41) is 0.652. The fourth-order valence-corrected chi connectivity index (χ4v) is 2.39. The molecular formula is C14H17ClO4. The Kier molecular flexibility index (Phi) is 4.13. The second kappa shape index (κ2) is 5.49. The highest BCUT2D eigenvalue weighted by atomic mass is 35.5. The molecule has 19 heavy (non-hydrogen) atoms. The molecule has 0 radical (unpaired) electrons. The predicted molar refractivity (Wildman–Crippen MR) is 71.0 cm³/mol. The van der Waals surface area contributed by atoms with Crippen LogP contribution in [0.2, 0.25) is 5.02 Å². The Hall–Kier alpha value is -1.10. The number of halogens is 1. The summed E-state index contributed by atoms with van der Waals surface area (Å²) in [5.41, 5.74) is 0.921. The topological polar surface area (TPSA) is 44.8 Å². The molecule has 1 aliphatic rings. The first kappa shape index (κ1) is 14.3. The van der Waals surface area contributed by atoms with Crippen LogP contribution in [0.4, 0.5) is 0 Å². The molecule has 5 heteroatoms. The van der Waals surface area contributed by atoms with E-state index in [-0.39, 0.29) is 0 Å². The summed E-state index contributed by atoms with van der Waals surface area (Å²) >= 11 is 6.12. The van der Waals surface area contributed by atoms with Crippen LogP contribution in [0.1, 0.15) is 19.4 Å². The quantitative estimate of drug-likeness (QED) is 0.800. The lowest BCUT2D eigenvalue weighted by atomic mass is 10.0. The van der Waals surface area contributed by atoms with Crippen LogP contribution in [0.25, 0.3) is 0 Å². The summed E-state index contributed by atoms with van der Waals surface area (Å²) in [5.74, 6) is -1.23. The third-order valence-corrected chi connectivity index (χ3v) is 3.36. The first-order valence-electron chi connectivity index (χ1n) is 6.10. The maximum absolute atomic E-state index is 11.7. The first-order valence-corrected chi connectivity index (χ1v) is 6.47. The minimum atomic E-state index is -0.801. The lowest BCUT2D eigenvalue weighted by molar-refractivity contribution is -0.168. The maximum atomic E-state index is 11.7. The zero-order chi connectivity index (χ0) is 14.0. The SMILES string of the molecule is COC(=O)[C@@H]1OC(C)(C)O[C@H]1Cc1ccccc1Cl. The standard InChI is InChI=1S/C14H17ClO4/c1-14(2)18-11(12(19-14)13(16)17-3)8-9-6-4-5-7-10(9)15/h4-7,11-12H,8H2,1-3H3/t11-,12+/m0/s1. The van der Waals surface area contributed by atoms with E-state index in [1.165, 1.54) is 7.11 Å². The second-order valence-corrected chi connectivity index (χ2v) is 5.32. The van der Waals surface area contributed by atoms with Crippen molar-refractivity contribution in [1.82, 2.24) is 0 Å². The first-order chi connectivity index (χ1) is 8.93. The van der Waals surface area contributed by atoms with Crippen LogP contribution in [0.5, 0.6) is 0 Å². The Bertz CT molecular complexity index is 472. The maximum Gasteiger partial charge on any atom is 0.337 e. The van der Waals surface area contributed by atoms with Crippen molar-refractivity contribution >= 4 is 17.6 Å². The molecule has 0 aromatic heterocycles. The van der Waals surface area contributed by atoms with Crippen molar-refractivity contribution in [2.45, 2.75) is 38.3 Å². The molecule has 1 aromatic carbocycles. The minimum absolute atomic E-state index is 0.401. The van der Waals surface area contributed by atoms with Gasteiger partial charge in [0.2, 0.25) is 0 Å². The molecule has 1 aromatic rings. The van der Waals surface area contributed by atoms with E-state index < -0.39 is 24.0 Å². The Balaban J connectivity index is 2.18. The van der Waals surface area contributed by atoms with Gasteiger partial charge in [-0.15, -0.1) is 0 Å². The molecule has 4 nitrogen and oxygen atoms in total. The lowest BCUT2D eigenvalue weighted by Gasteiger charge is -2.17. The van der Waals surface area contributed by atoms with Gasteiger partial charge in [-0.25, -0.2) is 4.79 Å². The van der Waals surface area contributed by atoms with E-state index in [2.05, 4.69) is 0 Å². The van der Waals surface area contributed by atoms with Crippen LogP contribution < -0.4 is 0 Å². The molecule has 0 aliphatic carbocycles. The van der Waals surface area contributed by atoms with E-state index in [1.54, 1.807) is 13.8 Å². The van der Waals surface area contributed by atoms with Gasteiger partial charge in [-0.05, 0) is 25.5 Å². The number of methoxy groups -OCH3 is 1. The number of hydrogen-bond acceptors (Lipinski definition) is 4. The molecule has 2 atom stereocenters. The molecule has 1 heterocycles. The van der Waals surface area contributed by atoms with Crippen LogP contribution in [0.15, 0.2) is 24.3 Å². The molecule has 1 aliphatic heterocycles. The molecular weight excluding hydrogens is 268 g/mol. The fraction of sp³-hybridized carbons (Fsp3) is 0.500. The third kappa shape index (κ3) is 3.26. The lowest BCUT2D eigenvalue weighted by Crippen LogP contribution is -2.34. The van der Waals surface area contributed by atoms with Gasteiger partial charge in [0.25, 0.3) is 0 Å². The van der Waals surface area contributed by atoms with Crippen LogP contribution in [0, 0.1) is 0 Å². The summed E-state index contributed by atoms with van der Waals surface area (Å²) in [6.07, 6.45) is -0.623. The molecule has 1 saturated heterocycles. The number of rotatable bonds is 3. The van der Waals surface area contributed by atoms with Gasteiger partial charge >= 0.3 is 5.97 Å². The van der Waals surface area contributed by atoms with Crippen molar-refractivity contribution in [2.24, 2.45) is 0 Å². The molecule has 0 saturated carbocycles. The molecule has 2 rings (SSSR count). The molecule has 0 amide bonds. The summed E-state index contributed by atoms with van der Waals surface area (Å²) in [7, 11) is 1.34.